The minimum Gasteiger partial charge on any atom is -0.332 e. The molecule has 6 heteroatoms. The number of nitrogens with zero attached hydrogens (tertiary/aromatic N) is 3. The van der Waals surface area contributed by atoms with Crippen LogP contribution in [0.4, 0.5) is 5.69 Å². The molecule has 1 amide bonds. The van der Waals surface area contributed by atoms with Gasteiger partial charge in [0.15, 0.2) is 0 Å². The molecular weight excluding hydrogens is 428 g/mol. The van der Waals surface area contributed by atoms with Crippen LogP contribution in [0, 0.1) is 6.92 Å². The molecule has 1 aliphatic rings. The normalized spacial score (nSPS) is 16.8. The molecule has 1 saturated heterocycles. The highest BCUT2D eigenvalue weighted by Gasteiger charge is 2.26. The van der Waals surface area contributed by atoms with Gasteiger partial charge in [0.25, 0.3) is 5.91 Å². The second kappa shape index (κ2) is 8.93. The third kappa shape index (κ3) is 4.77. The first-order valence-corrected chi connectivity index (χ1v) is 10.8. The molecule has 1 atom stereocenters. The molecular formula is C23H25BrN4O. The van der Waals surface area contributed by atoms with Crippen LogP contribution >= 0.6 is 15.9 Å². The van der Waals surface area contributed by atoms with Gasteiger partial charge >= 0.3 is 0 Å². The summed E-state index contributed by atoms with van der Waals surface area (Å²) in [5.74, 6) is -0.170. The number of benzene rings is 2. The second-order valence-corrected chi connectivity index (χ2v) is 8.46. The van der Waals surface area contributed by atoms with E-state index in [-0.39, 0.29) is 5.91 Å². The Hall–Kier alpha value is -2.44. The Bertz CT molecular complexity index is 968. The molecule has 0 bridgehead atoms. The number of carbonyl (C=O) groups excluding carboxylic acids is 1. The lowest BCUT2D eigenvalue weighted by Crippen LogP contribution is -2.32. The molecule has 0 saturated carbocycles. The standard InChI is InChI=1S/C23H25BrN4O/c1-17-22(23(29)26-20-11-9-19(24)10-12-20)25-16-28(17)15-21-8-5-13-27(21)14-18-6-3-2-4-7-18/h2-4,6-7,9-12,16,21H,5,8,13-15H2,1H3,(H,26,29)/t21-/m0/s1. The van der Waals surface area contributed by atoms with Crippen LogP contribution in [-0.2, 0) is 13.1 Å². The molecule has 1 N–H and O–H groups in total. The van der Waals surface area contributed by atoms with Crippen LogP contribution in [0.15, 0.2) is 65.4 Å². The summed E-state index contributed by atoms with van der Waals surface area (Å²) in [6.07, 6.45) is 4.18. The Kier molecular flexibility index (Phi) is 6.11. The molecule has 0 unspecified atom stereocenters. The number of amides is 1. The molecule has 5 nitrogen and oxygen atoms in total. The Morgan fingerprint density at radius 2 is 1.93 bits per heavy atom. The maximum atomic E-state index is 12.7. The number of halogens is 1. The summed E-state index contributed by atoms with van der Waals surface area (Å²) in [6.45, 7) is 4.91. The topological polar surface area (TPSA) is 50.2 Å². The lowest BCUT2D eigenvalue weighted by molar-refractivity contribution is 0.102. The molecule has 0 spiro atoms. The van der Waals surface area contributed by atoms with E-state index in [1.54, 1.807) is 6.33 Å². The van der Waals surface area contributed by atoms with Crippen LogP contribution in [0.5, 0.6) is 0 Å². The highest BCUT2D eigenvalue weighted by Crippen LogP contribution is 2.23. The number of nitrogens with one attached hydrogen (secondary N) is 1. The van der Waals surface area contributed by atoms with E-state index in [2.05, 4.69) is 66.0 Å². The van der Waals surface area contributed by atoms with E-state index < -0.39 is 0 Å². The zero-order valence-electron chi connectivity index (χ0n) is 16.5. The van der Waals surface area contributed by atoms with Crippen LogP contribution < -0.4 is 5.32 Å². The molecule has 0 aliphatic carbocycles. The molecule has 1 fully saturated rings. The van der Waals surface area contributed by atoms with E-state index >= 15 is 0 Å². The van der Waals surface area contributed by atoms with Crippen LogP contribution in [0.25, 0.3) is 0 Å². The fourth-order valence-electron chi connectivity index (χ4n) is 3.93. The fourth-order valence-corrected chi connectivity index (χ4v) is 4.19. The third-order valence-electron chi connectivity index (χ3n) is 5.55. The molecule has 4 rings (SSSR count). The van der Waals surface area contributed by atoms with E-state index in [0.717, 1.165) is 35.5 Å². The number of hydrogen-bond donors (Lipinski definition) is 1. The molecule has 2 aromatic carbocycles. The largest absolute Gasteiger partial charge is 0.332 e. The zero-order chi connectivity index (χ0) is 20.2. The lowest BCUT2D eigenvalue weighted by atomic mass is 10.1. The van der Waals surface area contributed by atoms with E-state index in [0.29, 0.717) is 11.7 Å². The minimum absolute atomic E-state index is 0.170. The Labute approximate surface area is 179 Å². The number of likely N-dealkylation sites (tertiary alicyclic amines) is 1. The first-order valence-electron chi connectivity index (χ1n) is 9.97. The molecule has 2 heterocycles. The smallest absolute Gasteiger partial charge is 0.276 e. The maximum Gasteiger partial charge on any atom is 0.276 e. The molecule has 3 aromatic rings. The highest BCUT2D eigenvalue weighted by atomic mass is 79.9. The fraction of sp³-hybridized carbons (Fsp3) is 0.304. The van der Waals surface area contributed by atoms with Crippen molar-refractivity contribution in [2.45, 2.75) is 38.9 Å². The first-order chi connectivity index (χ1) is 14.1. The quantitative estimate of drug-likeness (QED) is 0.580. The minimum atomic E-state index is -0.170. The lowest BCUT2D eigenvalue weighted by Gasteiger charge is -2.25. The summed E-state index contributed by atoms with van der Waals surface area (Å²) in [5, 5.41) is 2.93. The first kappa shape index (κ1) is 19.9. The van der Waals surface area contributed by atoms with E-state index in [9.17, 15) is 4.79 Å². The van der Waals surface area contributed by atoms with E-state index in [1.807, 2.05) is 31.2 Å². The summed E-state index contributed by atoms with van der Waals surface area (Å²) in [5.41, 5.74) is 3.50. The predicted molar refractivity (Wildman–Crippen MR) is 119 cm³/mol. The predicted octanol–water partition coefficient (Wildman–Crippen LogP) is 4.87. The SMILES string of the molecule is Cc1c(C(=O)Nc2ccc(Br)cc2)ncn1C[C@@H]1CCCN1Cc1ccccc1. The monoisotopic (exact) mass is 452 g/mol. The van der Waals surface area contributed by atoms with Crippen LogP contribution in [0.2, 0.25) is 0 Å². The van der Waals surface area contributed by atoms with Crippen LogP contribution in [-0.4, -0.2) is 32.9 Å². The van der Waals surface area contributed by atoms with Gasteiger partial charge in [-0.2, -0.15) is 0 Å². The number of rotatable bonds is 6. The highest BCUT2D eigenvalue weighted by molar-refractivity contribution is 9.10. The summed E-state index contributed by atoms with van der Waals surface area (Å²) in [6, 6.07) is 18.6. The van der Waals surface area contributed by atoms with Gasteiger partial charge in [-0.3, -0.25) is 9.69 Å². The Morgan fingerprint density at radius 1 is 1.17 bits per heavy atom. The van der Waals surface area contributed by atoms with Gasteiger partial charge < -0.3 is 9.88 Å². The zero-order valence-corrected chi connectivity index (χ0v) is 18.1. The molecule has 1 aliphatic heterocycles. The molecule has 1 aromatic heterocycles. The molecule has 150 valence electrons. The third-order valence-corrected chi connectivity index (χ3v) is 6.08. The number of hydrogen-bond acceptors (Lipinski definition) is 3. The van der Waals surface area contributed by atoms with Gasteiger partial charge in [0, 0.05) is 35.0 Å². The number of aromatic nitrogens is 2. The maximum absolute atomic E-state index is 12.7. The van der Waals surface area contributed by atoms with E-state index in [1.165, 1.54) is 18.4 Å². The van der Waals surface area contributed by atoms with Crippen molar-refractivity contribution in [3.63, 3.8) is 0 Å². The second-order valence-electron chi connectivity index (χ2n) is 7.54. The van der Waals surface area contributed by atoms with Crippen LogP contribution in [0.3, 0.4) is 0 Å². The summed E-state index contributed by atoms with van der Waals surface area (Å²) >= 11 is 3.41. The van der Waals surface area contributed by atoms with Gasteiger partial charge in [0.05, 0.1) is 6.33 Å². The van der Waals surface area contributed by atoms with E-state index in [4.69, 9.17) is 0 Å². The average Bonchev–Trinajstić information content (AvgIpc) is 3.31. The van der Waals surface area contributed by atoms with Crippen molar-refractivity contribution in [3.8, 4) is 0 Å². The van der Waals surface area contributed by atoms with Crippen molar-refractivity contribution in [2.75, 3.05) is 11.9 Å². The molecule has 29 heavy (non-hydrogen) atoms. The van der Waals surface area contributed by atoms with Crippen molar-refractivity contribution < 1.29 is 4.79 Å². The Balaban J connectivity index is 1.42. The van der Waals surface area contributed by atoms with Gasteiger partial charge in [0.2, 0.25) is 0 Å². The Morgan fingerprint density at radius 3 is 2.69 bits per heavy atom. The van der Waals surface area contributed by atoms with Gasteiger partial charge in [0.1, 0.15) is 5.69 Å². The average molecular weight is 453 g/mol. The summed E-state index contributed by atoms with van der Waals surface area (Å²) < 4.78 is 3.09. The van der Waals surface area contributed by atoms with Gasteiger partial charge in [-0.15, -0.1) is 0 Å². The van der Waals surface area contributed by atoms with Gasteiger partial charge in [-0.1, -0.05) is 46.3 Å². The van der Waals surface area contributed by atoms with Crippen LogP contribution in [0.1, 0.15) is 34.6 Å². The number of anilines is 1. The summed E-state index contributed by atoms with van der Waals surface area (Å²) in [4.78, 5) is 19.6. The van der Waals surface area contributed by atoms with Crippen molar-refractivity contribution in [1.29, 1.82) is 0 Å². The number of carbonyl (C=O) groups is 1. The number of imidazole rings is 1. The van der Waals surface area contributed by atoms with Gasteiger partial charge in [-0.25, -0.2) is 4.98 Å². The summed E-state index contributed by atoms with van der Waals surface area (Å²) in [7, 11) is 0. The molecule has 0 radical (unpaired) electrons. The van der Waals surface area contributed by atoms with Gasteiger partial charge in [-0.05, 0) is 56.1 Å². The van der Waals surface area contributed by atoms with Crippen molar-refractivity contribution in [3.05, 3.63) is 82.3 Å². The van der Waals surface area contributed by atoms with Crippen molar-refractivity contribution in [2.24, 2.45) is 0 Å². The van der Waals surface area contributed by atoms with Crippen molar-refractivity contribution in [1.82, 2.24) is 14.5 Å². The van der Waals surface area contributed by atoms with Crippen molar-refractivity contribution >= 4 is 27.5 Å².